The first-order valence-corrected chi connectivity index (χ1v) is 8.43. The minimum absolute atomic E-state index is 0.151. The quantitative estimate of drug-likeness (QED) is 0.475. The van der Waals surface area contributed by atoms with Crippen molar-refractivity contribution in [2.45, 2.75) is 7.59 Å². The Hall–Kier alpha value is -0.620. The summed E-state index contributed by atoms with van der Waals surface area (Å²) in [5, 5.41) is 0. The van der Waals surface area contributed by atoms with Crippen LogP contribution in [0.3, 0.4) is 0 Å². The Labute approximate surface area is 167 Å². The Balaban J connectivity index is 2.61. The van der Waals surface area contributed by atoms with Gasteiger partial charge in [0.25, 0.3) is 0 Å². The third-order valence-electron chi connectivity index (χ3n) is 2.63. The molecule has 1 aromatic heterocycles. The smallest absolute Gasteiger partial charge is 0.250 e. The molecule has 0 aliphatic rings. The van der Waals surface area contributed by atoms with E-state index in [0.717, 1.165) is 0 Å². The number of alkyl halides is 6. The summed E-state index contributed by atoms with van der Waals surface area (Å²) < 4.78 is -3.85. The number of halogens is 6. The molecule has 125 valence electrons. The van der Waals surface area contributed by atoms with Crippen LogP contribution in [0.1, 0.15) is 17.2 Å². The first kappa shape index (κ1) is 19.7. The highest BCUT2D eigenvalue weighted by Crippen LogP contribution is 2.40. The van der Waals surface area contributed by atoms with Crippen LogP contribution in [0.15, 0.2) is 30.3 Å². The van der Waals surface area contributed by atoms with Crippen molar-refractivity contribution in [2.24, 2.45) is 0 Å². The van der Waals surface area contributed by atoms with Gasteiger partial charge in [0.2, 0.25) is 13.9 Å². The Bertz CT molecular complexity index is 751. The van der Waals surface area contributed by atoms with E-state index in [-0.39, 0.29) is 17.5 Å². The molecule has 2 aromatic rings. The zero-order valence-corrected chi connectivity index (χ0v) is 16.0. The van der Waals surface area contributed by atoms with E-state index >= 15 is 0 Å². The number of hydrogen-bond donors (Lipinski definition) is 0. The molecule has 0 unspecified atom stereocenters. The van der Waals surface area contributed by atoms with E-state index in [4.69, 9.17) is 69.6 Å². The Morgan fingerprint density at radius 2 is 1.50 bits per heavy atom. The fourth-order valence-electron chi connectivity index (χ4n) is 1.67. The van der Waals surface area contributed by atoms with Crippen molar-refractivity contribution in [1.82, 2.24) is 15.0 Å². The molecule has 0 bridgehead atoms. The fraction of sp³-hybridized carbons (Fsp3) is 0.143. The van der Waals surface area contributed by atoms with Gasteiger partial charge in [0.1, 0.15) is 0 Å². The van der Waals surface area contributed by atoms with Crippen LogP contribution in [0, 0.1) is 0 Å². The van der Waals surface area contributed by atoms with Gasteiger partial charge in [0.15, 0.2) is 17.5 Å². The van der Waals surface area contributed by atoms with Crippen molar-refractivity contribution >= 4 is 82.0 Å². The van der Waals surface area contributed by atoms with Crippen LogP contribution in [0.4, 0.5) is 0 Å². The maximum absolute atomic E-state index is 10.3. The summed E-state index contributed by atoms with van der Waals surface area (Å²) in [6, 6.07) is 6.91. The summed E-state index contributed by atoms with van der Waals surface area (Å²) in [7, 11) is 0. The molecule has 0 fully saturated rings. The molecule has 0 atom stereocenters. The van der Waals surface area contributed by atoms with Gasteiger partial charge in [0.05, 0.1) is 0 Å². The van der Waals surface area contributed by atoms with E-state index in [1.807, 2.05) is 0 Å². The predicted molar refractivity (Wildman–Crippen MR) is 98.5 cm³/mol. The van der Waals surface area contributed by atoms with E-state index < -0.39 is 7.59 Å². The highest BCUT2D eigenvalue weighted by Gasteiger charge is 2.33. The Morgan fingerprint density at radius 1 is 0.917 bits per heavy atom. The van der Waals surface area contributed by atoms with Crippen molar-refractivity contribution in [2.75, 3.05) is 0 Å². The number of rotatable bonds is 3. The van der Waals surface area contributed by atoms with Crippen molar-refractivity contribution in [3.8, 4) is 11.4 Å². The summed E-state index contributed by atoms with van der Waals surface area (Å²) in [4.78, 5) is 22.4. The third kappa shape index (κ3) is 5.19. The second-order valence-electron chi connectivity index (χ2n) is 4.38. The number of allylic oxidation sites excluding steroid dienone is 1. The molecular formula is C14H6Cl6N3O. The van der Waals surface area contributed by atoms with Gasteiger partial charge in [-0.05, 0) is 17.7 Å². The summed E-state index contributed by atoms with van der Waals surface area (Å²) in [5.74, 6) is -0.208. The van der Waals surface area contributed by atoms with Crippen LogP contribution in [-0.4, -0.2) is 21.2 Å². The zero-order chi connectivity index (χ0) is 18.0. The lowest BCUT2D eigenvalue weighted by molar-refractivity contribution is 0.564. The predicted octanol–water partition coefficient (Wildman–Crippen LogP) is 5.31. The summed E-state index contributed by atoms with van der Waals surface area (Å²) >= 11 is 35.0. The zero-order valence-electron chi connectivity index (χ0n) is 11.5. The van der Waals surface area contributed by atoms with Gasteiger partial charge in [-0.3, -0.25) is 4.79 Å². The summed E-state index contributed by atoms with van der Waals surface area (Å²) in [5.41, 5.74) is 1.26. The number of aromatic nitrogens is 3. The minimum Gasteiger partial charge on any atom is -0.286 e. The molecule has 10 heteroatoms. The van der Waals surface area contributed by atoms with Crippen LogP contribution in [0.2, 0.25) is 0 Å². The Kier molecular flexibility index (Phi) is 6.35. The minimum atomic E-state index is -1.92. The molecule has 0 N–H and O–H groups in total. The van der Waals surface area contributed by atoms with E-state index in [2.05, 4.69) is 15.0 Å². The highest BCUT2D eigenvalue weighted by atomic mass is 35.6. The molecule has 0 aliphatic heterocycles. The number of carbonyl (C=O) groups excluding carboxylic acids is 1. The van der Waals surface area contributed by atoms with Crippen molar-refractivity contribution in [1.29, 1.82) is 0 Å². The second kappa shape index (κ2) is 7.73. The fourth-order valence-corrected chi connectivity index (χ4v) is 2.18. The van der Waals surface area contributed by atoms with Crippen molar-refractivity contribution < 1.29 is 4.79 Å². The number of benzene rings is 1. The lowest BCUT2D eigenvalue weighted by Gasteiger charge is -2.15. The van der Waals surface area contributed by atoms with Crippen molar-refractivity contribution in [3.05, 3.63) is 47.6 Å². The first-order chi connectivity index (χ1) is 11.1. The molecule has 2 rings (SSSR count). The number of hydrogen-bond acceptors (Lipinski definition) is 4. The lowest BCUT2D eigenvalue weighted by atomic mass is 10.1. The monoisotopic (exact) mass is 442 g/mol. The topological polar surface area (TPSA) is 55.7 Å². The van der Waals surface area contributed by atoms with Gasteiger partial charge in [-0.15, -0.1) is 0 Å². The van der Waals surface area contributed by atoms with Crippen LogP contribution in [0.5, 0.6) is 0 Å². The van der Waals surface area contributed by atoms with E-state index in [9.17, 15) is 4.79 Å². The largest absolute Gasteiger partial charge is 0.286 e. The van der Waals surface area contributed by atoms with E-state index in [0.29, 0.717) is 11.1 Å². The van der Waals surface area contributed by atoms with Gasteiger partial charge < -0.3 is 0 Å². The molecule has 4 nitrogen and oxygen atoms in total. The average Bonchev–Trinajstić information content (AvgIpc) is 2.51. The van der Waals surface area contributed by atoms with Crippen LogP contribution >= 0.6 is 69.6 Å². The molecule has 0 spiro atoms. The van der Waals surface area contributed by atoms with Gasteiger partial charge in [0, 0.05) is 5.56 Å². The van der Waals surface area contributed by atoms with Crippen LogP contribution in [0.25, 0.3) is 17.5 Å². The standard InChI is InChI=1S/C14H6Cl6N3O/c15-13(16,17)11-21-10(22-12(23-11)14(18,19)20)9-5-1-3-8(7-9)4-2-6-24/h1-5,7H. The Morgan fingerprint density at radius 3 is 2.00 bits per heavy atom. The number of nitrogens with zero attached hydrogens (tertiary/aromatic N) is 3. The van der Waals surface area contributed by atoms with E-state index in [1.165, 1.54) is 6.08 Å². The molecular weight excluding hydrogens is 439 g/mol. The molecule has 0 saturated carbocycles. The summed E-state index contributed by atoms with van der Waals surface area (Å²) in [6.45, 7) is 0. The molecule has 1 aromatic carbocycles. The maximum Gasteiger partial charge on any atom is 0.250 e. The summed E-state index contributed by atoms with van der Waals surface area (Å²) in [6.07, 6.45) is 4.44. The molecule has 1 radical (unpaired) electrons. The first-order valence-electron chi connectivity index (χ1n) is 6.16. The molecule has 0 aliphatic carbocycles. The molecule has 1 heterocycles. The normalized spacial score (nSPS) is 12.6. The van der Waals surface area contributed by atoms with Crippen molar-refractivity contribution in [3.63, 3.8) is 0 Å². The van der Waals surface area contributed by atoms with Gasteiger partial charge in [-0.2, -0.15) is 0 Å². The SMILES string of the molecule is O=[C]C=Cc1cccc(-c2nc(C(Cl)(Cl)Cl)nc(C(Cl)(Cl)Cl)n2)c1. The average molecular weight is 445 g/mol. The lowest BCUT2D eigenvalue weighted by Crippen LogP contribution is -2.16. The third-order valence-corrected chi connectivity index (χ3v) is 3.65. The molecule has 0 saturated heterocycles. The van der Waals surface area contributed by atoms with Gasteiger partial charge >= 0.3 is 0 Å². The van der Waals surface area contributed by atoms with Crippen LogP contribution in [-0.2, 0) is 12.4 Å². The second-order valence-corrected chi connectivity index (χ2v) is 8.94. The van der Waals surface area contributed by atoms with E-state index in [1.54, 1.807) is 36.6 Å². The van der Waals surface area contributed by atoms with Crippen LogP contribution < -0.4 is 0 Å². The van der Waals surface area contributed by atoms with Gasteiger partial charge in [-0.25, -0.2) is 15.0 Å². The van der Waals surface area contributed by atoms with Gasteiger partial charge in [-0.1, -0.05) is 93.9 Å². The maximum atomic E-state index is 10.3. The molecule has 24 heavy (non-hydrogen) atoms. The highest BCUT2D eigenvalue weighted by molar-refractivity contribution is 6.67. The molecule has 0 amide bonds.